The van der Waals surface area contributed by atoms with Gasteiger partial charge in [-0.3, -0.25) is 29.8 Å². The van der Waals surface area contributed by atoms with Gasteiger partial charge in [0.2, 0.25) is 11.6 Å². The number of piperazine rings is 3. The average molecular weight is 505 g/mol. The molecule has 0 aliphatic carbocycles. The van der Waals surface area contributed by atoms with Crippen molar-refractivity contribution in [1.29, 1.82) is 0 Å². The average Bonchev–Trinajstić information content (AvgIpc) is 2.86. The smallest absolute Gasteiger partial charge is 0.339 e. The molecule has 0 aromatic carbocycles. The molecule has 0 amide bonds. The molecular formula is C20H28N10O6+2. The number of hydrogen-bond acceptors (Lipinski definition) is 10. The SMILES string of the molecule is O=c1[nH]cnc(N2CC[N+]3(CC2)CC[N+]2(CCN(c4nc[nH]c(=O)c4[N+](=O)[O-])CC2)CC3)c1[N+](=O)[O-]. The van der Waals surface area contributed by atoms with Crippen LogP contribution in [0.4, 0.5) is 23.0 Å². The first-order valence-electron chi connectivity index (χ1n) is 11.9. The summed E-state index contributed by atoms with van der Waals surface area (Å²) < 4.78 is 1.86. The minimum atomic E-state index is -0.747. The maximum Gasteiger partial charge on any atom is 0.375 e. The minimum absolute atomic E-state index is 0.126. The number of quaternary nitrogens is 2. The van der Waals surface area contributed by atoms with Gasteiger partial charge in [-0.2, -0.15) is 0 Å². The standard InChI is InChI=1S/C20H26N10O6/c31-19-15(27(33)34)17(21-13-23-19)25-1-5-29(6-2-25)9-11-30(12-10-29)7-3-26(4-8-30)18-16(28(35)36)20(32)24-14-22-18/h13-14H,1-12H2/p+2. The largest absolute Gasteiger partial charge is 0.375 e. The Labute approximate surface area is 204 Å². The second kappa shape index (κ2) is 8.94. The lowest BCUT2D eigenvalue weighted by atomic mass is 10.1. The van der Waals surface area contributed by atoms with Crippen LogP contribution in [0, 0.1) is 20.2 Å². The number of aromatic nitrogens is 4. The van der Waals surface area contributed by atoms with Gasteiger partial charge in [-0.05, 0) is 0 Å². The fraction of sp³-hybridized carbons (Fsp3) is 0.600. The Hall–Kier alpha value is -3.92. The van der Waals surface area contributed by atoms with E-state index in [9.17, 15) is 29.8 Å². The van der Waals surface area contributed by atoms with Crippen LogP contribution in [-0.2, 0) is 0 Å². The van der Waals surface area contributed by atoms with Crippen molar-refractivity contribution in [2.75, 3.05) is 88.3 Å². The van der Waals surface area contributed by atoms with Crippen molar-refractivity contribution in [2.24, 2.45) is 0 Å². The molecule has 16 nitrogen and oxygen atoms in total. The highest BCUT2D eigenvalue weighted by Crippen LogP contribution is 2.29. The Morgan fingerprint density at radius 2 is 1.00 bits per heavy atom. The van der Waals surface area contributed by atoms with Gasteiger partial charge < -0.3 is 28.7 Å². The second-order valence-electron chi connectivity index (χ2n) is 9.77. The highest BCUT2D eigenvalue weighted by atomic mass is 16.6. The van der Waals surface area contributed by atoms with Crippen LogP contribution in [0.15, 0.2) is 22.2 Å². The molecule has 0 saturated carbocycles. The summed E-state index contributed by atoms with van der Waals surface area (Å²) in [4.78, 5) is 61.7. The third-order valence-electron chi connectivity index (χ3n) is 8.06. The number of aromatic amines is 2. The van der Waals surface area contributed by atoms with E-state index in [1.807, 2.05) is 9.80 Å². The van der Waals surface area contributed by atoms with Crippen LogP contribution in [0.2, 0.25) is 0 Å². The third-order valence-corrected chi connectivity index (χ3v) is 8.06. The number of nitrogens with one attached hydrogen (secondary N) is 2. The maximum atomic E-state index is 11.9. The van der Waals surface area contributed by atoms with Crippen LogP contribution in [0.25, 0.3) is 0 Å². The van der Waals surface area contributed by atoms with Gasteiger partial charge in [0.05, 0.1) is 74.9 Å². The molecule has 5 rings (SSSR count). The molecular weight excluding hydrogens is 476 g/mol. The predicted molar refractivity (Wildman–Crippen MR) is 127 cm³/mol. The van der Waals surface area contributed by atoms with E-state index in [0.717, 1.165) is 61.3 Å². The summed E-state index contributed by atoms with van der Waals surface area (Å²) in [6.45, 7) is 9.52. The fourth-order valence-corrected chi connectivity index (χ4v) is 5.73. The van der Waals surface area contributed by atoms with Gasteiger partial charge in [0.15, 0.2) is 0 Å². The predicted octanol–water partition coefficient (Wildman–Crippen LogP) is -1.34. The molecule has 0 unspecified atom stereocenters. The summed E-state index contributed by atoms with van der Waals surface area (Å²) in [7, 11) is 0. The summed E-state index contributed by atoms with van der Waals surface area (Å²) in [5, 5.41) is 22.8. The Morgan fingerprint density at radius 3 is 1.31 bits per heavy atom. The quantitative estimate of drug-likeness (QED) is 0.287. The van der Waals surface area contributed by atoms with Crippen molar-refractivity contribution < 1.29 is 18.8 Å². The van der Waals surface area contributed by atoms with Crippen molar-refractivity contribution in [3.8, 4) is 0 Å². The van der Waals surface area contributed by atoms with Crippen molar-refractivity contribution in [1.82, 2.24) is 19.9 Å². The Balaban J connectivity index is 1.20. The van der Waals surface area contributed by atoms with Crippen molar-refractivity contribution in [3.63, 3.8) is 0 Å². The van der Waals surface area contributed by atoms with Crippen LogP contribution in [0.5, 0.6) is 0 Å². The second-order valence-corrected chi connectivity index (χ2v) is 9.77. The van der Waals surface area contributed by atoms with Gasteiger partial charge in [0.1, 0.15) is 26.2 Å². The Kier molecular flexibility index (Phi) is 5.91. The molecule has 3 aliphatic heterocycles. The van der Waals surface area contributed by atoms with E-state index < -0.39 is 32.3 Å². The van der Waals surface area contributed by atoms with Crippen LogP contribution in [0.3, 0.4) is 0 Å². The lowest BCUT2D eigenvalue weighted by molar-refractivity contribution is -1.03. The normalized spacial score (nSPS) is 21.0. The summed E-state index contributed by atoms with van der Waals surface area (Å²) in [6.07, 6.45) is 2.40. The zero-order chi connectivity index (χ0) is 25.5. The Morgan fingerprint density at radius 1 is 0.667 bits per heavy atom. The molecule has 5 heterocycles. The van der Waals surface area contributed by atoms with Gasteiger partial charge in [0, 0.05) is 0 Å². The topological polar surface area (TPSA) is 184 Å². The van der Waals surface area contributed by atoms with Gasteiger partial charge in [-0.1, -0.05) is 0 Å². The first-order chi connectivity index (χ1) is 17.2. The lowest BCUT2D eigenvalue weighted by Gasteiger charge is -2.54. The van der Waals surface area contributed by atoms with E-state index in [-0.39, 0.29) is 11.6 Å². The molecule has 192 valence electrons. The molecule has 2 N–H and O–H groups in total. The zero-order valence-electron chi connectivity index (χ0n) is 19.7. The molecule has 2 aromatic heterocycles. The van der Waals surface area contributed by atoms with Crippen molar-refractivity contribution in [2.45, 2.75) is 0 Å². The third kappa shape index (κ3) is 4.17. The first-order valence-corrected chi connectivity index (χ1v) is 11.9. The Bertz CT molecular complexity index is 1180. The van der Waals surface area contributed by atoms with Crippen molar-refractivity contribution in [3.05, 3.63) is 53.6 Å². The zero-order valence-corrected chi connectivity index (χ0v) is 19.7. The minimum Gasteiger partial charge on any atom is -0.339 e. The highest BCUT2D eigenvalue weighted by molar-refractivity contribution is 5.56. The number of nitro groups is 2. The summed E-state index contributed by atoms with van der Waals surface area (Å²) in [5.74, 6) is 0.251. The monoisotopic (exact) mass is 504 g/mol. The first kappa shape index (κ1) is 23.8. The summed E-state index contributed by atoms with van der Waals surface area (Å²) in [6, 6.07) is 0. The summed E-state index contributed by atoms with van der Waals surface area (Å²) in [5.41, 5.74) is -2.52. The molecule has 16 heteroatoms. The van der Waals surface area contributed by atoms with Gasteiger partial charge in [0.25, 0.3) is 0 Å². The molecule has 0 atom stereocenters. The number of nitrogens with zero attached hydrogens (tertiary/aromatic N) is 8. The highest BCUT2D eigenvalue weighted by Gasteiger charge is 2.46. The maximum absolute atomic E-state index is 11.9. The molecule has 36 heavy (non-hydrogen) atoms. The van der Waals surface area contributed by atoms with Gasteiger partial charge in [-0.15, -0.1) is 0 Å². The molecule has 2 spiro atoms. The van der Waals surface area contributed by atoms with E-state index in [4.69, 9.17) is 0 Å². The lowest BCUT2D eigenvalue weighted by Crippen LogP contribution is -2.73. The molecule has 3 fully saturated rings. The number of hydrogen-bond donors (Lipinski definition) is 2. The molecule has 3 saturated heterocycles. The van der Waals surface area contributed by atoms with Gasteiger partial charge >= 0.3 is 22.5 Å². The van der Waals surface area contributed by atoms with E-state index >= 15 is 0 Å². The fourth-order valence-electron chi connectivity index (χ4n) is 5.73. The van der Waals surface area contributed by atoms with Crippen LogP contribution in [-0.4, -0.2) is 117 Å². The number of anilines is 2. The van der Waals surface area contributed by atoms with E-state index in [0.29, 0.717) is 26.2 Å². The van der Waals surface area contributed by atoms with Gasteiger partial charge in [-0.25, -0.2) is 9.97 Å². The molecule has 0 bridgehead atoms. The van der Waals surface area contributed by atoms with Crippen LogP contribution < -0.4 is 20.9 Å². The van der Waals surface area contributed by atoms with E-state index in [2.05, 4.69) is 19.9 Å². The molecule has 3 aliphatic rings. The molecule has 2 aromatic rings. The molecule has 0 radical (unpaired) electrons. The van der Waals surface area contributed by atoms with E-state index in [1.54, 1.807) is 0 Å². The summed E-state index contributed by atoms with van der Waals surface area (Å²) >= 11 is 0. The number of H-pyrrole nitrogens is 2. The van der Waals surface area contributed by atoms with Crippen LogP contribution >= 0.6 is 0 Å². The van der Waals surface area contributed by atoms with Crippen LogP contribution in [0.1, 0.15) is 0 Å². The van der Waals surface area contributed by atoms with E-state index in [1.165, 1.54) is 12.7 Å². The van der Waals surface area contributed by atoms with Crippen molar-refractivity contribution >= 4 is 23.0 Å². The number of rotatable bonds is 4.